The number of hydrogen-bond donors (Lipinski definition) is 1. The Morgan fingerprint density at radius 1 is 1.19 bits per heavy atom. The summed E-state index contributed by atoms with van der Waals surface area (Å²) in [6.45, 7) is 0. The van der Waals surface area contributed by atoms with Gasteiger partial charge in [-0.2, -0.15) is 0 Å². The Hall–Kier alpha value is -2.45. The lowest BCUT2D eigenvalue weighted by atomic mass is 10.2. The van der Waals surface area contributed by atoms with Crippen LogP contribution < -0.4 is 14.8 Å². The molecular weight excluding hydrogens is 423 g/mol. The van der Waals surface area contributed by atoms with Gasteiger partial charge in [0.1, 0.15) is 21.8 Å². The van der Waals surface area contributed by atoms with E-state index < -0.39 is 0 Å². The summed E-state index contributed by atoms with van der Waals surface area (Å²) in [7, 11) is 3.01. The number of aromatic nitrogens is 1. The summed E-state index contributed by atoms with van der Waals surface area (Å²) in [4.78, 5) is 16.9. The van der Waals surface area contributed by atoms with Gasteiger partial charge in [0.2, 0.25) is 0 Å². The molecule has 0 bridgehead atoms. The number of halogens is 2. The molecule has 1 heterocycles. The third-order valence-corrected chi connectivity index (χ3v) is 5.09. The number of carbonyl (C=O) groups is 1. The van der Waals surface area contributed by atoms with Gasteiger partial charge in [0.15, 0.2) is 5.13 Å². The summed E-state index contributed by atoms with van der Waals surface area (Å²) >= 11 is 4.62. The number of thiazole rings is 1. The number of ether oxygens (including phenoxy) is 2. The zero-order valence-corrected chi connectivity index (χ0v) is 16.3. The van der Waals surface area contributed by atoms with Crippen molar-refractivity contribution in [2.75, 3.05) is 19.5 Å². The normalized spacial score (nSPS) is 10.5. The van der Waals surface area contributed by atoms with Gasteiger partial charge in [0.05, 0.1) is 19.9 Å². The van der Waals surface area contributed by atoms with Crippen LogP contribution in [0.3, 0.4) is 0 Å². The van der Waals surface area contributed by atoms with E-state index >= 15 is 0 Å². The molecule has 1 aromatic heterocycles. The summed E-state index contributed by atoms with van der Waals surface area (Å²) in [5.41, 5.74) is 1.61. The molecule has 5 nitrogen and oxygen atoms in total. The molecule has 0 saturated heterocycles. The summed E-state index contributed by atoms with van der Waals surface area (Å²) in [6.07, 6.45) is 0. The molecule has 0 atom stereocenters. The first-order valence-corrected chi connectivity index (χ1v) is 9.13. The molecule has 8 heteroatoms. The fourth-order valence-electron chi connectivity index (χ4n) is 2.28. The Labute approximate surface area is 161 Å². The molecule has 2 aromatic carbocycles. The van der Waals surface area contributed by atoms with Crippen molar-refractivity contribution < 1.29 is 18.7 Å². The maximum absolute atomic E-state index is 13.3. The molecule has 0 unspecified atom stereocenters. The number of carbonyl (C=O) groups excluding carboxylic acids is 1. The smallest absolute Gasteiger partial charge is 0.257 e. The van der Waals surface area contributed by atoms with Crippen molar-refractivity contribution in [1.82, 2.24) is 4.98 Å². The van der Waals surface area contributed by atoms with E-state index in [1.54, 1.807) is 29.6 Å². The van der Waals surface area contributed by atoms with E-state index in [2.05, 4.69) is 26.2 Å². The Kier molecular flexibility index (Phi) is 5.53. The summed E-state index contributed by atoms with van der Waals surface area (Å²) < 4.78 is 24.5. The van der Waals surface area contributed by atoms with Crippen LogP contribution in [0.5, 0.6) is 11.5 Å². The molecule has 0 spiro atoms. The quantitative estimate of drug-likeness (QED) is 0.612. The number of benzene rings is 2. The standard InChI is InChI=1S/C18H14BrFN2O3S/c1-24-14-7-11(8-15(25-2)16(14)19)17(23)22-18-21-13(9-26-18)10-4-3-5-12(20)6-10/h3-9H,1-2H3,(H,21,22,23). The first kappa shape index (κ1) is 18.3. The van der Waals surface area contributed by atoms with Gasteiger partial charge in [-0.05, 0) is 40.2 Å². The van der Waals surface area contributed by atoms with Crippen molar-refractivity contribution in [2.24, 2.45) is 0 Å². The molecule has 0 aliphatic heterocycles. The maximum atomic E-state index is 13.3. The van der Waals surface area contributed by atoms with E-state index in [9.17, 15) is 9.18 Å². The number of rotatable bonds is 5. The average Bonchev–Trinajstić information content (AvgIpc) is 3.10. The van der Waals surface area contributed by atoms with E-state index in [0.717, 1.165) is 0 Å². The van der Waals surface area contributed by atoms with Gasteiger partial charge in [-0.1, -0.05) is 12.1 Å². The lowest BCUT2D eigenvalue weighted by Gasteiger charge is -2.11. The molecular formula is C18H14BrFN2O3S. The van der Waals surface area contributed by atoms with Crippen LogP contribution in [0, 0.1) is 5.82 Å². The molecule has 0 aliphatic rings. The number of hydrogen-bond acceptors (Lipinski definition) is 5. The zero-order valence-electron chi connectivity index (χ0n) is 13.9. The third kappa shape index (κ3) is 3.86. The summed E-state index contributed by atoms with van der Waals surface area (Å²) in [5, 5.41) is 4.90. The number of methoxy groups -OCH3 is 2. The largest absolute Gasteiger partial charge is 0.495 e. The molecule has 1 amide bonds. The van der Waals surface area contributed by atoms with Crippen LogP contribution >= 0.6 is 27.3 Å². The van der Waals surface area contributed by atoms with Gasteiger partial charge < -0.3 is 9.47 Å². The predicted molar refractivity (Wildman–Crippen MR) is 103 cm³/mol. The summed E-state index contributed by atoms with van der Waals surface area (Å²) in [6, 6.07) is 9.33. The SMILES string of the molecule is COc1cc(C(=O)Nc2nc(-c3cccc(F)c3)cs2)cc(OC)c1Br. The van der Waals surface area contributed by atoms with E-state index in [4.69, 9.17) is 9.47 Å². The molecule has 0 saturated carbocycles. The van der Waals surface area contributed by atoms with Gasteiger partial charge in [-0.25, -0.2) is 9.37 Å². The fraction of sp³-hybridized carbons (Fsp3) is 0.111. The monoisotopic (exact) mass is 436 g/mol. The fourth-order valence-corrected chi connectivity index (χ4v) is 3.55. The molecule has 0 radical (unpaired) electrons. The van der Waals surface area contributed by atoms with E-state index in [1.807, 2.05) is 0 Å². The topological polar surface area (TPSA) is 60.5 Å². The second kappa shape index (κ2) is 7.84. The van der Waals surface area contributed by atoms with E-state index in [1.165, 1.54) is 37.7 Å². The lowest BCUT2D eigenvalue weighted by molar-refractivity contribution is 0.102. The Morgan fingerprint density at radius 2 is 1.88 bits per heavy atom. The van der Waals surface area contributed by atoms with Crippen molar-refractivity contribution in [3.63, 3.8) is 0 Å². The van der Waals surface area contributed by atoms with E-state index in [-0.39, 0.29) is 11.7 Å². The maximum Gasteiger partial charge on any atom is 0.257 e. The number of amides is 1. The highest BCUT2D eigenvalue weighted by molar-refractivity contribution is 9.10. The van der Waals surface area contributed by atoms with Gasteiger partial charge in [-0.3, -0.25) is 10.1 Å². The summed E-state index contributed by atoms with van der Waals surface area (Å²) in [5.74, 6) is 0.271. The van der Waals surface area contributed by atoms with Crippen LogP contribution in [0.1, 0.15) is 10.4 Å². The van der Waals surface area contributed by atoms with Crippen LogP contribution in [0.25, 0.3) is 11.3 Å². The molecule has 134 valence electrons. The van der Waals surface area contributed by atoms with Crippen LogP contribution in [0.15, 0.2) is 46.3 Å². The molecule has 0 aliphatic carbocycles. The Morgan fingerprint density at radius 3 is 2.50 bits per heavy atom. The number of nitrogens with zero attached hydrogens (tertiary/aromatic N) is 1. The first-order valence-electron chi connectivity index (χ1n) is 7.46. The second-order valence-electron chi connectivity index (χ2n) is 5.20. The lowest BCUT2D eigenvalue weighted by Crippen LogP contribution is -2.12. The Balaban J connectivity index is 1.83. The van der Waals surface area contributed by atoms with Crippen molar-refractivity contribution in [3.8, 4) is 22.8 Å². The second-order valence-corrected chi connectivity index (χ2v) is 6.85. The highest BCUT2D eigenvalue weighted by Gasteiger charge is 2.16. The van der Waals surface area contributed by atoms with Gasteiger partial charge in [-0.15, -0.1) is 11.3 Å². The molecule has 0 fully saturated rings. The predicted octanol–water partition coefficient (Wildman–Crippen LogP) is 4.98. The van der Waals surface area contributed by atoms with Crippen molar-refractivity contribution in [3.05, 3.63) is 57.6 Å². The molecule has 3 rings (SSSR count). The Bertz CT molecular complexity index is 936. The first-order chi connectivity index (χ1) is 12.5. The third-order valence-electron chi connectivity index (χ3n) is 3.55. The van der Waals surface area contributed by atoms with Crippen LogP contribution in [-0.2, 0) is 0 Å². The molecule has 1 N–H and O–H groups in total. The molecule has 26 heavy (non-hydrogen) atoms. The van der Waals surface area contributed by atoms with Gasteiger partial charge in [0, 0.05) is 16.5 Å². The highest BCUT2D eigenvalue weighted by Crippen LogP contribution is 2.36. The number of nitrogens with one attached hydrogen (secondary N) is 1. The number of anilines is 1. The zero-order chi connectivity index (χ0) is 18.7. The van der Waals surface area contributed by atoms with Crippen LogP contribution in [0.2, 0.25) is 0 Å². The van der Waals surface area contributed by atoms with Gasteiger partial charge >= 0.3 is 0 Å². The minimum Gasteiger partial charge on any atom is -0.495 e. The van der Waals surface area contributed by atoms with E-state index in [0.29, 0.717) is 37.9 Å². The van der Waals surface area contributed by atoms with Crippen molar-refractivity contribution >= 4 is 38.3 Å². The minimum atomic E-state index is -0.353. The minimum absolute atomic E-state index is 0.338. The van der Waals surface area contributed by atoms with Crippen LogP contribution in [-0.4, -0.2) is 25.1 Å². The highest BCUT2D eigenvalue weighted by atomic mass is 79.9. The van der Waals surface area contributed by atoms with Crippen molar-refractivity contribution in [1.29, 1.82) is 0 Å². The van der Waals surface area contributed by atoms with Crippen molar-refractivity contribution in [2.45, 2.75) is 0 Å². The average molecular weight is 437 g/mol. The molecule has 3 aromatic rings. The van der Waals surface area contributed by atoms with Crippen LogP contribution in [0.4, 0.5) is 9.52 Å². The van der Waals surface area contributed by atoms with Gasteiger partial charge in [0.25, 0.3) is 5.91 Å².